The molecule has 0 fully saturated rings. The molecule has 13 heavy (non-hydrogen) atoms. The molecule has 2 nitrogen and oxygen atoms in total. The molecule has 0 radical (unpaired) electrons. The van der Waals surface area contributed by atoms with Gasteiger partial charge in [0.1, 0.15) is 5.82 Å². The lowest BCUT2D eigenvalue weighted by Gasteiger charge is -2.04. The summed E-state index contributed by atoms with van der Waals surface area (Å²) in [5.74, 6) is 3.51. The lowest BCUT2D eigenvalue weighted by Crippen LogP contribution is -1.96. The molecule has 0 spiro atoms. The molecule has 0 bridgehead atoms. The zero-order valence-electron chi connectivity index (χ0n) is 8.45. The van der Waals surface area contributed by atoms with Gasteiger partial charge in [0.2, 0.25) is 0 Å². The summed E-state index contributed by atoms with van der Waals surface area (Å²) < 4.78 is 0. The summed E-state index contributed by atoms with van der Waals surface area (Å²) in [7, 11) is 0. The molecule has 0 N–H and O–H groups in total. The third-order valence-corrected chi connectivity index (χ3v) is 2.70. The van der Waals surface area contributed by atoms with E-state index < -0.39 is 0 Å². The minimum Gasteiger partial charge on any atom is -0.240 e. The Morgan fingerprint density at radius 3 is 2.38 bits per heavy atom. The van der Waals surface area contributed by atoms with E-state index in [1.54, 1.807) is 0 Å². The van der Waals surface area contributed by atoms with E-state index in [-0.39, 0.29) is 0 Å². The molecule has 1 aromatic heterocycles. The van der Waals surface area contributed by atoms with Crippen LogP contribution in [-0.2, 0) is 5.75 Å². The van der Waals surface area contributed by atoms with Crippen LogP contribution in [0, 0.1) is 0 Å². The van der Waals surface area contributed by atoms with Crippen LogP contribution in [0.3, 0.4) is 0 Å². The molecule has 1 heterocycles. The van der Waals surface area contributed by atoms with Crippen LogP contribution in [0.4, 0.5) is 0 Å². The maximum atomic E-state index is 4.31. The van der Waals surface area contributed by atoms with Gasteiger partial charge in [0.05, 0.1) is 5.75 Å². The van der Waals surface area contributed by atoms with Crippen molar-refractivity contribution in [3.8, 4) is 0 Å². The van der Waals surface area contributed by atoms with E-state index in [1.807, 2.05) is 24.2 Å². The molecule has 0 aliphatic rings. The average Bonchev–Trinajstić information content (AvgIpc) is 2.15. The first-order valence-electron chi connectivity index (χ1n) is 4.62. The van der Waals surface area contributed by atoms with Crippen LogP contribution in [0.2, 0.25) is 0 Å². The third-order valence-electron chi connectivity index (χ3n) is 1.83. The van der Waals surface area contributed by atoms with Crippen LogP contribution < -0.4 is 0 Å². The lowest BCUT2D eigenvalue weighted by atomic mass is 10.1. The summed E-state index contributed by atoms with van der Waals surface area (Å²) >= 11 is 1.85. The molecular formula is C10H16N2S. The lowest BCUT2D eigenvalue weighted by molar-refractivity contribution is 0.836. The minimum absolute atomic E-state index is 0.521. The van der Waals surface area contributed by atoms with Gasteiger partial charge in [0.15, 0.2) is 0 Å². The van der Waals surface area contributed by atoms with Gasteiger partial charge in [-0.15, -0.1) is 0 Å². The fourth-order valence-electron chi connectivity index (χ4n) is 0.931. The first-order chi connectivity index (χ1) is 6.24. The molecule has 1 rings (SSSR count). The van der Waals surface area contributed by atoms with Crippen molar-refractivity contribution in [2.45, 2.75) is 32.4 Å². The molecule has 0 saturated heterocycles. The minimum atomic E-state index is 0.521. The number of hydrogen-bond acceptors (Lipinski definition) is 3. The van der Waals surface area contributed by atoms with Crippen LogP contribution in [0.25, 0.3) is 0 Å². The van der Waals surface area contributed by atoms with Gasteiger partial charge in [-0.3, -0.25) is 0 Å². The number of nitrogens with zero attached hydrogens (tertiary/aromatic N) is 2. The highest BCUT2D eigenvalue weighted by Gasteiger charge is 2.00. The summed E-state index contributed by atoms with van der Waals surface area (Å²) in [5.41, 5.74) is 1.21. The normalized spacial score (nSPS) is 10.8. The summed E-state index contributed by atoms with van der Waals surface area (Å²) in [4.78, 5) is 8.61. The second kappa shape index (κ2) is 5.22. The second-order valence-corrected chi connectivity index (χ2v) is 4.50. The first kappa shape index (κ1) is 10.5. The molecule has 0 atom stereocenters. The molecule has 1 aromatic rings. The van der Waals surface area contributed by atoms with Crippen LogP contribution in [0.1, 0.15) is 38.1 Å². The molecule has 0 aliphatic carbocycles. The molecule has 3 heteroatoms. The average molecular weight is 196 g/mol. The predicted molar refractivity (Wildman–Crippen MR) is 58.0 cm³/mol. The highest BCUT2D eigenvalue weighted by Crippen LogP contribution is 2.12. The van der Waals surface area contributed by atoms with Crippen LogP contribution >= 0.6 is 11.8 Å². The summed E-state index contributed by atoms with van der Waals surface area (Å²) in [6.07, 6.45) is 3.87. The Kier molecular flexibility index (Phi) is 4.22. The van der Waals surface area contributed by atoms with E-state index >= 15 is 0 Å². The number of hydrogen-bond donors (Lipinski definition) is 0. The molecule has 0 aliphatic heterocycles. The van der Waals surface area contributed by atoms with Gasteiger partial charge < -0.3 is 0 Å². The number of aromatic nitrogens is 2. The molecule has 0 aromatic carbocycles. The Labute approximate surface area is 84.2 Å². The zero-order valence-corrected chi connectivity index (χ0v) is 9.27. The number of thioether (sulfide) groups is 1. The molecular weight excluding hydrogens is 180 g/mol. The Morgan fingerprint density at radius 2 is 1.92 bits per heavy atom. The van der Waals surface area contributed by atoms with Gasteiger partial charge in [0, 0.05) is 12.4 Å². The monoisotopic (exact) mass is 196 g/mol. The van der Waals surface area contributed by atoms with Crippen molar-refractivity contribution < 1.29 is 0 Å². The maximum absolute atomic E-state index is 4.31. The molecule has 0 saturated carbocycles. The van der Waals surface area contributed by atoms with Crippen molar-refractivity contribution in [3.05, 3.63) is 23.8 Å². The van der Waals surface area contributed by atoms with Crippen molar-refractivity contribution in [2.24, 2.45) is 0 Å². The molecule has 0 unspecified atom stereocenters. The van der Waals surface area contributed by atoms with Gasteiger partial charge in [-0.25, -0.2) is 9.97 Å². The highest BCUT2D eigenvalue weighted by molar-refractivity contribution is 7.98. The largest absolute Gasteiger partial charge is 0.240 e. The van der Waals surface area contributed by atoms with E-state index in [1.165, 1.54) is 5.56 Å². The van der Waals surface area contributed by atoms with Crippen molar-refractivity contribution in [3.63, 3.8) is 0 Å². The van der Waals surface area contributed by atoms with E-state index in [4.69, 9.17) is 0 Å². The maximum Gasteiger partial charge on any atom is 0.138 e. The summed E-state index contributed by atoms with van der Waals surface area (Å²) in [6, 6.07) is 0. The van der Waals surface area contributed by atoms with Gasteiger partial charge in [0.25, 0.3) is 0 Å². The third kappa shape index (κ3) is 3.35. The van der Waals surface area contributed by atoms with Crippen molar-refractivity contribution in [1.82, 2.24) is 9.97 Å². The predicted octanol–water partition coefficient (Wildman–Crippen LogP) is 2.85. The Morgan fingerprint density at radius 1 is 1.31 bits per heavy atom. The second-order valence-electron chi connectivity index (χ2n) is 3.22. The topological polar surface area (TPSA) is 25.8 Å². The standard InChI is InChI=1S/C10H16N2S/c1-4-13-7-10-11-5-9(6-12-10)8(2)3/h5-6,8H,4,7H2,1-3H3. The summed E-state index contributed by atoms with van der Waals surface area (Å²) in [6.45, 7) is 6.45. The van der Waals surface area contributed by atoms with Gasteiger partial charge in [-0.1, -0.05) is 20.8 Å². The Balaban J connectivity index is 2.59. The van der Waals surface area contributed by atoms with Crippen molar-refractivity contribution in [1.29, 1.82) is 0 Å². The SMILES string of the molecule is CCSCc1ncc(C(C)C)cn1. The fourth-order valence-corrected chi connectivity index (χ4v) is 1.47. The van der Waals surface area contributed by atoms with E-state index in [0.29, 0.717) is 5.92 Å². The Hall–Kier alpha value is -0.570. The van der Waals surface area contributed by atoms with Crippen molar-refractivity contribution >= 4 is 11.8 Å². The summed E-state index contributed by atoms with van der Waals surface area (Å²) in [5, 5.41) is 0. The zero-order chi connectivity index (χ0) is 9.68. The van der Waals surface area contributed by atoms with E-state index in [0.717, 1.165) is 17.3 Å². The van der Waals surface area contributed by atoms with Crippen LogP contribution in [-0.4, -0.2) is 15.7 Å². The number of rotatable bonds is 4. The quantitative estimate of drug-likeness (QED) is 0.740. The van der Waals surface area contributed by atoms with E-state index in [9.17, 15) is 0 Å². The first-order valence-corrected chi connectivity index (χ1v) is 5.78. The Bertz CT molecular complexity index is 244. The molecule has 0 amide bonds. The smallest absolute Gasteiger partial charge is 0.138 e. The van der Waals surface area contributed by atoms with Gasteiger partial charge >= 0.3 is 0 Å². The highest BCUT2D eigenvalue weighted by atomic mass is 32.2. The van der Waals surface area contributed by atoms with Gasteiger partial charge in [-0.2, -0.15) is 11.8 Å². The van der Waals surface area contributed by atoms with Gasteiger partial charge in [-0.05, 0) is 17.2 Å². The van der Waals surface area contributed by atoms with Crippen molar-refractivity contribution in [2.75, 3.05) is 5.75 Å². The van der Waals surface area contributed by atoms with E-state index in [2.05, 4.69) is 30.7 Å². The van der Waals surface area contributed by atoms with Crippen LogP contribution in [0.15, 0.2) is 12.4 Å². The fraction of sp³-hybridized carbons (Fsp3) is 0.600. The van der Waals surface area contributed by atoms with Crippen LogP contribution in [0.5, 0.6) is 0 Å². The molecule has 72 valence electrons.